The Bertz CT molecular complexity index is 399. The SMILES string of the molecule is CC(C)[C@@H]1Cc2cccc(Br)c2OC1=O. The van der Waals surface area contributed by atoms with Crippen molar-refractivity contribution in [3.63, 3.8) is 0 Å². The van der Waals surface area contributed by atoms with E-state index in [9.17, 15) is 4.79 Å². The van der Waals surface area contributed by atoms with Gasteiger partial charge in [-0.1, -0.05) is 26.0 Å². The lowest BCUT2D eigenvalue weighted by Gasteiger charge is -2.26. The van der Waals surface area contributed by atoms with E-state index in [-0.39, 0.29) is 11.9 Å². The first-order valence-electron chi connectivity index (χ1n) is 5.08. The number of rotatable bonds is 1. The molecule has 0 N–H and O–H groups in total. The normalized spacial score (nSPS) is 20.0. The van der Waals surface area contributed by atoms with Gasteiger partial charge < -0.3 is 4.74 Å². The van der Waals surface area contributed by atoms with Crippen LogP contribution < -0.4 is 4.74 Å². The van der Waals surface area contributed by atoms with Gasteiger partial charge in [0.15, 0.2) is 0 Å². The Labute approximate surface area is 97.8 Å². The first kappa shape index (κ1) is 10.7. The van der Waals surface area contributed by atoms with Crippen LogP contribution >= 0.6 is 15.9 Å². The molecule has 0 amide bonds. The van der Waals surface area contributed by atoms with Crippen LogP contribution in [0.5, 0.6) is 5.75 Å². The molecule has 80 valence electrons. The minimum absolute atomic E-state index is 0.00759. The first-order valence-corrected chi connectivity index (χ1v) is 5.88. The summed E-state index contributed by atoms with van der Waals surface area (Å²) in [5.41, 5.74) is 1.11. The number of para-hydroxylation sites is 1. The Morgan fingerprint density at radius 3 is 2.87 bits per heavy atom. The van der Waals surface area contributed by atoms with Gasteiger partial charge in [-0.05, 0) is 39.9 Å². The van der Waals surface area contributed by atoms with E-state index in [1.165, 1.54) is 0 Å². The number of benzene rings is 1. The van der Waals surface area contributed by atoms with E-state index >= 15 is 0 Å². The van der Waals surface area contributed by atoms with Crippen molar-refractivity contribution in [2.24, 2.45) is 11.8 Å². The molecule has 3 heteroatoms. The number of fused-ring (bicyclic) bond motifs is 1. The summed E-state index contributed by atoms with van der Waals surface area (Å²) in [4.78, 5) is 11.7. The summed E-state index contributed by atoms with van der Waals surface area (Å²) < 4.78 is 6.21. The summed E-state index contributed by atoms with van der Waals surface area (Å²) >= 11 is 3.39. The molecule has 0 unspecified atom stereocenters. The molecule has 0 spiro atoms. The van der Waals surface area contributed by atoms with Gasteiger partial charge in [0.25, 0.3) is 0 Å². The maximum absolute atomic E-state index is 11.7. The summed E-state index contributed by atoms with van der Waals surface area (Å²) in [7, 11) is 0. The first-order chi connectivity index (χ1) is 7.09. The minimum Gasteiger partial charge on any atom is -0.425 e. The molecule has 1 aliphatic rings. The second-order valence-electron chi connectivity index (χ2n) is 4.20. The minimum atomic E-state index is -0.107. The highest BCUT2D eigenvalue weighted by Gasteiger charge is 2.31. The maximum Gasteiger partial charge on any atom is 0.314 e. The van der Waals surface area contributed by atoms with Crippen molar-refractivity contribution in [3.05, 3.63) is 28.2 Å². The van der Waals surface area contributed by atoms with Crippen molar-refractivity contribution in [2.45, 2.75) is 20.3 Å². The smallest absolute Gasteiger partial charge is 0.314 e. The summed E-state index contributed by atoms with van der Waals surface area (Å²) in [5.74, 6) is 0.903. The van der Waals surface area contributed by atoms with E-state index in [1.807, 2.05) is 18.2 Å². The Hall–Kier alpha value is -0.830. The molecule has 1 atom stereocenters. The Kier molecular flexibility index (Phi) is 2.83. The summed E-state index contributed by atoms with van der Waals surface area (Å²) in [6.07, 6.45) is 0.783. The van der Waals surface area contributed by atoms with Gasteiger partial charge in [-0.15, -0.1) is 0 Å². The Morgan fingerprint density at radius 1 is 1.47 bits per heavy atom. The van der Waals surface area contributed by atoms with Gasteiger partial charge in [0.2, 0.25) is 0 Å². The van der Waals surface area contributed by atoms with Gasteiger partial charge in [-0.3, -0.25) is 4.79 Å². The van der Waals surface area contributed by atoms with Crippen molar-refractivity contribution >= 4 is 21.9 Å². The molecule has 0 bridgehead atoms. The van der Waals surface area contributed by atoms with Crippen LogP contribution in [0, 0.1) is 11.8 Å². The predicted molar refractivity (Wildman–Crippen MR) is 61.8 cm³/mol. The van der Waals surface area contributed by atoms with Gasteiger partial charge in [0.1, 0.15) is 5.75 Å². The third-order valence-corrected chi connectivity index (χ3v) is 3.42. The summed E-state index contributed by atoms with van der Waals surface area (Å²) in [5, 5.41) is 0. The zero-order chi connectivity index (χ0) is 11.0. The number of hydrogen-bond acceptors (Lipinski definition) is 2. The Morgan fingerprint density at radius 2 is 2.20 bits per heavy atom. The molecule has 1 aliphatic heterocycles. The second-order valence-corrected chi connectivity index (χ2v) is 5.06. The number of carbonyl (C=O) groups excluding carboxylic acids is 1. The zero-order valence-corrected chi connectivity index (χ0v) is 10.4. The van der Waals surface area contributed by atoms with E-state index in [0.717, 1.165) is 16.5 Å². The van der Waals surface area contributed by atoms with Crippen LogP contribution in [0.4, 0.5) is 0 Å². The molecule has 0 aliphatic carbocycles. The van der Waals surface area contributed by atoms with Crippen molar-refractivity contribution in [2.75, 3.05) is 0 Å². The van der Waals surface area contributed by atoms with Gasteiger partial charge >= 0.3 is 5.97 Å². The van der Waals surface area contributed by atoms with E-state index in [0.29, 0.717) is 11.7 Å². The topological polar surface area (TPSA) is 26.3 Å². The molecule has 1 heterocycles. The van der Waals surface area contributed by atoms with Crippen molar-refractivity contribution in [1.29, 1.82) is 0 Å². The monoisotopic (exact) mass is 268 g/mol. The molecule has 15 heavy (non-hydrogen) atoms. The standard InChI is InChI=1S/C12H13BrO2/c1-7(2)9-6-8-4-3-5-10(13)11(8)15-12(9)14/h3-5,7,9H,6H2,1-2H3/t9-/m0/s1. The van der Waals surface area contributed by atoms with E-state index in [1.54, 1.807) is 0 Å². The highest BCUT2D eigenvalue weighted by molar-refractivity contribution is 9.10. The van der Waals surface area contributed by atoms with Crippen LogP contribution in [0.25, 0.3) is 0 Å². The van der Waals surface area contributed by atoms with Crippen LogP contribution in [0.1, 0.15) is 19.4 Å². The average Bonchev–Trinajstić information content (AvgIpc) is 2.18. The average molecular weight is 269 g/mol. The van der Waals surface area contributed by atoms with Crippen LogP contribution in [-0.4, -0.2) is 5.97 Å². The molecule has 0 aromatic heterocycles. The molecule has 2 nitrogen and oxygen atoms in total. The third kappa shape index (κ3) is 1.93. The van der Waals surface area contributed by atoms with E-state index in [4.69, 9.17) is 4.74 Å². The molecular weight excluding hydrogens is 256 g/mol. The number of halogens is 1. The fourth-order valence-corrected chi connectivity index (χ4v) is 2.32. The van der Waals surface area contributed by atoms with E-state index < -0.39 is 0 Å². The van der Waals surface area contributed by atoms with Crippen molar-refractivity contribution in [3.8, 4) is 5.75 Å². The quantitative estimate of drug-likeness (QED) is 0.578. The fraction of sp³-hybridized carbons (Fsp3) is 0.417. The third-order valence-electron chi connectivity index (χ3n) is 2.80. The molecule has 1 aromatic carbocycles. The lowest BCUT2D eigenvalue weighted by molar-refractivity contribution is -0.141. The molecule has 0 radical (unpaired) electrons. The second kappa shape index (κ2) is 3.97. The summed E-state index contributed by atoms with van der Waals surface area (Å²) in [6, 6.07) is 5.88. The van der Waals surface area contributed by atoms with E-state index in [2.05, 4.69) is 29.8 Å². The van der Waals surface area contributed by atoms with Crippen molar-refractivity contribution < 1.29 is 9.53 Å². The van der Waals surface area contributed by atoms with Gasteiger partial charge in [-0.25, -0.2) is 0 Å². The lowest BCUT2D eigenvalue weighted by atomic mass is 9.87. The number of carbonyl (C=O) groups is 1. The van der Waals surface area contributed by atoms with Crippen LogP contribution in [0.15, 0.2) is 22.7 Å². The lowest BCUT2D eigenvalue weighted by Crippen LogP contribution is -2.31. The van der Waals surface area contributed by atoms with Crippen LogP contribution in [-0.2, 0) is 11.2 Å². The number of esters is 1. The molecule has 2 rings (SSSR count). The zero-order valence-electron chi connectivity index (χ0n) is 8.79. The highest BCUT2D eigenvalue weighted by atomic mass is 79.9. The molecule has 0 fully saturated rings. The predicted octanol–water partition coefficient (Wildman–Crippen LogP) is 3.18. The molecule has 1 aromatic rings. The fourth-order valence-electron chi connectivity index (χ4n) is 1.83. The van der Waals surface area contributed by atoms with Crippen LogP contribution in [0.2, 0.25) is 0 Å². The molecular formula is C12H13BrO2. The van der Waals surface area contributed by atoms with Gasteiger partial charge in [-0.2, -0.15) is 0 Å². The number of ether oxygens (including phenoxy) is 1. The largest absolute Gasteiger partial charge is 0.425 e. The number of hydrogen-bond donors (Lipinski definition) is 0. The molecule has 0 saturated heterocycles. The van der Waals surface area contributed by atoms with Crippen molar-refractivity contribution in [1.82, 2.24) is 0 Å². The Balaban J connectivity index is 2.38. The summed E-state index contributed by atoms with van der Waals surface area (Å²) in [6.45, 7) is 4.10. The highest BCUT2D eigenvalue weighted by Crippen LogP contribution is 2.36. The maximum atomic E-state index is 11.7. The molecule has 0 saturated carbocycles. The van der Waals surface area contributed by atoms with Gasteiger partial charge in [0, 0.05) is 0 Å². The van der Waals surface area contributed by atoms with Gasteiger partial charge in [0.05, 0.1) is 10.4 Å². The van der Waals surface area contributed by atoms with Crippen LogP contribution in [0.3, 0.4) is 0 Å².